The first-order chi connectivity index (χ1) is 30.5. The summed E-state index contributed by atoms with van der Waals surface area (Å²) in [4.78, 5) is 80.6. The first-order valence-corrected chi connectivity index (χ1v) is 23.9. The van der Waals surface area contributed by atoms with Crippen LogP contribution in [0.2, 0.25) is 0 Å². The zero-order valence-corrected chi connectivity index (χ0v) is 39.2. The van der Waals surface area contributed by atoms with Gasteiger partial charge in [0.25, 0.3) is 11.8 Å². The maximum absolute atomic E-state index is 13.5. The maximum atomic E-state index is 13.5. The topological polar surface area (TPSA) is 175 Å². The van der Waals surface area contributed by atoms with E-state index in [0.717, 1.165) is 116 Å². The number of hydrogen-bond acceptors (Lipinski definition) is 8. The highest BCUT2D eigenvalue weighted by atomic mass is 16.6. The highest BCUT2D eigenvalue weighted by Crippen LogP contribution is 2.28. The van der Waals surface area contributed by atoms with Crippen molar-refractivity contribution in [1.82, 2.24) is 20.4 Å². The van der Waals surface area contributed by atoms with Gasteiger partial charge in [0.15, 0.2) is 0 Å². The second-order valence-electron chi connectivity index (χ2n) is 19.9. The van der Waals surface area contributed by atoms with Gasteiger partial charge in [-0.25, -0.2) is 19.2 Å². The number of urea groups is 2. The van der Waals surface area contributed by atoms with Crippen LogP contribution in [0.4, 0.5) is 30.6 Å². The number of carbonyl (C=O) groups excluding carboxylic acids is 6. The molecule has 4 fully saturated rings. The van der Waals surface area contributed by atoms with E-state index in [2.05, 4.69) is 21.3 Å². The molecule has 64 heavy (non-hydrogen) atoms. The van der Waals surface area contributed by atoms with Gasteiger partial charge in [0.2, 0.25) is 0 Å². The van der Waals surface area contributed by atoms with Gasteiger partial charge in [-0.1, -0.05) is 89.2 Å². The van der Waals surface area contributed by atoms with Crippen molar-refractivity contribution in [2.24, 2.45) is 0 Å². The molecule has 2 aromatic rings. The Morgan fingerprint density at radius 1 is 0.469 bits per heavy atom. The fraction of sp³-hybridized carbons (Fsp3) is 0.640. The SMILES string of the molecule is CC(C)(C)OC(=O)Nc1cccc(C(=O)N(C(=O)NC2CCCCC2)C2CCCCC2)c1.CC(C)(C)OC(=O)Nc1cccc(C(=O)N(C(=O)NC2CCCCC2)C2CCCCC2)c1. The van der Waals surface area contributed by atoms with E-state index in [1.165, 1.54) is 22.6 Å². The first-order valence-electron chi connectivity index (χ1n) is 23.9. The Morgan fingerprint density at radius 2 is 0.781 bits per heavy atom. The van der Waals surface area contributed by atoms with Crippen LogP contribution in [0.15, 0.2) is 48.5 Å². The molecule has 4 saturated carbocycles. The Morgan fingerprint density at radius 3 is 1.09 bits per heavy atom. The number of nitrogens with one attached hydrogen (secondary N) is 4. The van der Waals surface area contributed by atoms with Crippen LogP contribution >= 0.6 is 0 Å². The molecular formula is C50H74N6O8. The normalized spacial score (nSPS) is 18.0. The molecule has 0 heterocycles. The molecule has 0 aliphatic heterocycles. The van der Waals surface area contributed by atoms with E-state index >= 15 is 0 Å². The molecule has 14 nitrogen and oxygen atoms in total. The number of anilines is 2. The maximum Gasteiger partial charge on any atom is 0.412 e. The van der Waals surface area contributed by atoms with Crippen LogP contribution in [0.25, 0.3) is 0 Å². The summed E-state index contributed by atoms with van der Waals surface area (Å²) >= 11 is 0. The molecular weight excluding hydrogens is 813 g/mol. The Kier molecular flexibility index (Phi) is 18.5. The molecule has 0 spiro atoms. The molecule has 8 amide bonds. The summed E-state index contributed by atoms with van der Waals surface area (Å²) in [6, 6.07) is 12.9. The van der Waals surface area contributed by atoms with Gasteiger partial charge in [-0.15, -0.1) is 0 Å². The highest BCUT2D eigenvalue weighted by Gasteiger charge is 2.35. The minimum atomic E-state index is -0.619. The Labute approximate surface area is 380 Å². The molecule has 14 heteroatoms. The van der Waals surface area contributed by atoms with Crippen LogP contribution in [0.5, 0.6) is 0 Å². The molecule has 4 N–H and O–H groups in total. The predicted molar refractivity (Wildman–Crippen MR) is 249 cm³/mol. The van der Waals surface area contributed by atoms with Crippen LogP contribution in [-0.4, -0.2) is 81.2 Å². The summed E-state index contributed by atoms with van der Waals surface area (Å²) in [5, 5.41) is 11.6. The Balaban J connectivity index is 0.000000241. The second kappa shape index (κ2) is 23.7. The lowest BCUT2D eigenvalue weighted by atomic mass is 9.93. The molecule has 4 aliphatic rings. The third-order valence-corrected chi connectivity index (χ3v) is 12.1. The predicted octanol–water partition coefficient (Wildman–Crippen LogP) is 11.7. The van der Waals surface area contributed by atoms with Gasteiger partial charge >= 0.3 is 24.2 Å². The Bertz CT molecular complexity index is 1750. The van der Waals surface area contributed by atoms with Gasteiger partial charge in [0.1, 0.15) is 11.2 Å². The molecule has 0 radical (unpaired) electrons. The number of ether oxygens (including phenoxy) is 2. The molecule has 0 saturated heterocycles. The van der Waals surface area contributed by atoms with Crippen molar-refractivity contribution in [1.29, 1.82) is 0 Å². The van der Waals surface area contributed by atoms with E-state index in [1.807, 2.05) is 0 Å². The number of carbonyl (C=O) groups is 6. The molecule has 4 aliphatic carbocycles. The van der Waals surface area contributed by atoms with Gasteiger partial charge < -0.3 is 20.1 Å². The third kappa shape index (κ3) is 16.1. The van der Waals surface area contributed by atoms with Gasteiger partial charge in [-0.3, -0.25) is 30.0 Å². The van der Waals surface area contributed by atoms with Crippen molar-refractivity contribution in [2.45, 2.75) is 205 Å². The average Bonchev–Trinajstić information content (AvgIpc) is 3.24. The van der Waals surface area contributed by atoms with Crippen molar-refractivity contribution >= 4 is 47.4 Å². The van der Waals surface area contributed by atoms with Crippen molar-refractivity contribution in [3.8, 4) is 0 Å². The monoisotopic (exact) mass is 887 g/mol. The van der Waals surface area contributed by atoms with Crippen LogP contribution < -0.4 is 21.3 Å². The van der Waals surface area contributed by atoms with Gasteiger partial charge in [-0.05, 0) is 129 Å². The summed E-state index contributed by atoms with van der Waals surface area (Å²) in [6.07, 6.45) is 19.2. The van der Waals surface area contributed by atoms with Crippen LogP contribution in [-0.2, 0) is 9.47 Å². The number of hydrogen-bond donors (Lipinski definition) is 4. The first kappa shape index (κ1) is 49.9. The number of benzene rings is 2. The highest BCUT2D eigenvalue weighted by molar-refractivity contribution is 6.06. The summed E-state index contributed by atoms with van der Waals surface area (Å²) < 4.78 is 10.6. The number of nitrogens with zero attached hydrogens (tertiary/aromatic N) is 2. The molecule has 2 aromatic carbocycles. The van der Waals surface area contributed by atoms with Crippen molar-refractivity contribution in [2.75, 3.05) is 10.6 Å². The lowest BCUT2D eigenvalue weighted by Gasteiger charge is -2.34. The molecule has 0 aromatic heterocycles. The van der Waals surface area contributed by atoms with E-state index in [0.29, 0.717) is 22.5 Å². The summed E-state index contributed by atoms with van der Waals surface area (Å²) in [5.41, 5.74) is 0.438. The lowest BCUT2D eigenvalue weighted by molar-refractivity contribution is 0.0624. The fourth-order valence-corrected chi connectivity index (χ4v) is 9.09. The lowest BCUT2D eigenvalue weighted by Crippen LogP contribution is -2.52. The zero-order chi connectivity index (χ0) is 46.3. The van der Waals surface area contributed by atoms with E-state index in [9.17, 15) is 28.8 Å². The average molecular weight is 887 g/mol. The van der Waals surface area contributed by atoms with Crippen LogP contribution in [0.1, 0.15) is 191 Å². The van der Waals surface area contributed by atoms with Gasteiger partial charge in [0.05, 0.1) is 0 Å². The summed E-state index contributed by atoms with van der Waals surface area (Å²) in [5.74, 6) is -0.643. The fourth-order valence-electron chi connectivity index (χ4n) is 9.09. The third-order valence-electron chi connectivity index (χ3n) is 12.1. The van der Waals surface area contributed by atoms with E-state index in [1.54, 1.807) is 90.1 Å². The van der Waals surface area contributed by atoms with E-state index < -0.39 is 23.4 Å². The molecule has 0 bridgehead atoms. The quantitative estimate of drug-likeness (QED) is 0.202. The number of rotatable bonds is 8. The van der Waals surface area contributed by atoms with Crippen LogP contribution in [0, 0.1) is 0 Å². The largest absolute Gasteiger partial charge is 0.444 e. The zero-order valence-electron chi connectivity index (χ0n) is 39.2. The van der Waals surface area contributed by atoms with Crippen molar-refractivity contribution in [3.63, 3.8) is 0 Å². The van der Waals surface area contributed by atoms with E-state index in [4.69, 9.17) is 9.47 Å². The molecule has 352 valence electrons. The molecule has 6 rings (SSSR count). The van der Waals surface area contributed by atoms with Crippen molar-refractivity contribution < 1.29 is 38.2 Å². The molecule has 0 unspecified atom stereocenters. The van der Waals surface area contributed by atoms with Crippen molar-refractivity contribution in [3.05, 3.63) is 59.7 Å². The smallest absolute Gasteiger partial charge is 0.412 e. The van der Waals surface area contributed by atoms with Crippen LogP contribution in [0.3, 0.4) is 0 Å². The number of amides is 8. The minimum Gasteiger partial charge on any atom is -0.444 e. The Hall–Kier alpha value is -5.14. The standard InChI is InChI=1S/2C25H37N3O4/c2*1-25(2,3)32-24(31)27-20-14-10-11-18(17-20)22(29)28(21-15-8-5-9-16-21)23(30)26-19-12-6-4-7-13-19/h2*10-11,14,17,19,21H,4-9,12-13,15-16H2,1-3H3,(H,26,30)(H,27,31). The number of imide groups is 2. The van der Waals surface area contributed by atoms with Gasteiger partial charge in [-0.2, -0.15) is 0 Å². The second-order valence-corrected chi connectivity index (χ2v) is 19.9. The molecule has 0 atom stereocenters. The summed E-state index contributed by atoms with van der Waals surface area (Å²) in [7, 11) is 0. The summed E-state index contributed by atoms with van der Waals surface area (Å²) in [6.45, 7) is 10.7. The van der Waals surface area contributed by atoms with Gasteiger partial charge in [0, 0.05) is 46.7 Å². The minimum absolute atomic E-state index is 0.0951. The van der Waals surface area contributed by atoms with E-state index in [-0.39, 0.29) is 48.0 Å².